The smallest absolute Gasteiger partial charge is 0.220 e. The standard InChI is InChI=1S/C25H35NO4/c1-17(2)5-11-22-24(3,30-22)21-15-19(13-14-25(21)16-29-25)26-23(27)12-8-18-6-9-20(28-4)10-7-18/h5-7,9-10,19,21-22H,8,11-16H2,1-4H3,(H,26,27)/t19-,21-,22-,24+,25+/m1/s1. The Bertz CT molecular complexity index is 794. The maximum absolute atomic E-state index is 12.6. The van der Waals surface area contributed by atoms with Crippen LogP contribution in [0.3, 0.4) is 0 Å². The summed E-state index contributed by atoms with van der Waals surface area (Å²) in [6.07, 6.45) is 7.67. The number of allylic oxidation sites excluding steroid dienone is 1. The molecule has 1 aromatic carbocycles. The Morgan fingerprint density at radius 1 is 1.30 bits per heavy atom. The highest BCUT2D eigenvalue weighted by Crippen LogP contribution is 2.58. The van der Waals surface area contributed by atoms with Gasteiger partial charge in [-0.1, -0.05) is 23.8 Å². The van der Waals surface area contributed by atoms with E-state index in [0.717, 1.165) is 50.0 Å². The highest BCUT2D eigenvalue weighted by atomic mass is 16.6. The molecule has 164 valence electrons. The predicted octanol–water partition coefficient (Wildman–Crippen LogP) is 4.20. The van der Waals surface area contributed by atoms with E-state index in [2.05, 4.69) is 32.2 Å². The Hall–Kier alpha value is -1.85. The van der Waals surface area contributed by atoms with Crippen LogP contribution in [0.2, 0.25) is 0 Å². The third-order valence-corrected chi connectivity index (χ3v) is 7.16. The lowest BCUT2D eigenvalue weighted by molar-refractivity contribution is -0.122. The molecule has 3 aliphatic rings. The van der Waals surface area contributed by atoms with Crippen molar-refractivity contribution >= 4 is 5.91 Å². The summed E-state index contributed by atoms with van der Waals surface area (Å²) in [6.45, 7) is 7.33. The van der Waals surface area contributed by atoms with Crippen molar-refractivity contribution in [2.24, 2.45) is 5.92 Å². The highest BCUT2D eigenvalue weighted by Gasteiger charge is 2.68. The molecule has 0 aromatic heterocycles. The highest BCUT2D eigenvalue weighted by molar-refractivity contribution is 5.76. The normalized spacial score (nSPS) is 34.3. The summed E-state index contributed by atoms with van der Waals surface area (Å²) >= 11 is 0. The molecule has 1 aliphatic carbocycles. The zero-order valence-electron chi connectivity index (χ0n) is 18.7. The van der Waals surface area contributed by atoms with Crippen molar-refractivity contribution in [2.75, 3.05) is 13.7 Å². The third-order valence-electron chi connectivity index (χ3n) is 7.16. The fraction of sp³-hybridized carbons (Fsp3) is 0.640. The van der Waals surface area contributed by atoms with E-state index in [1.807, 2.05) is 24.3 Å². The molecular formula is C25H35NO4. The van der Waals surface area contributed by atoms with Gasteiger partial charge in [0.05, 0.1) is 31.0 Å². The molecule has 0 bridgehead atoms. The van der Waals surface area contributed by atoms with E-state index in [9.17, 15) is 4.79 Å². The number of hydrogen-bond donors (Lipinski definition) is 1. The number of hydrogen-bond acceptors (Lipinski definition) is 4. The fourth-order valence-corrected chi connectivity index (χ4v) is 5.09. The molecule has 2 heterocycles. The monoisotopic (exact) mass is 413 g/mol. The second-order valence-electron chi connectivity index (χ2n) is 9.60. The number of epoxide rings is 2. The van der Waals surface area contributed by atoms with Crippen LogP contribution in [0.4, 0.5) is 0 Å². The van der Waals surface area contributed by atoms with Gasteiger partial charge in [0.15, 0.2) is 0 Å². The Kier molecular flexibility index (Phi) is 5.95. The predicted molar refractivity (Wildman–Crippen MR) is 117 cm³/mol. The van der Waals surface area contributed by atoms with Crippen LogP contribution in [-0.4, -0.2) is 43.0 Å². The zero-order valence-corrected chi connectivity index (χ0v) is 18.7. The Morgan fingerprint density at radius 3 is 2.67 bits per heavy atom. The number of benzene rings is 1. The van der Waals surface area contributed by atoms with Gasteiger partial charge in [-0.2, -0.15) is 0 Å². The topological polar surface area (TPSA) is 63.4 Å². The minimum atomic E-state index is -0.130. The van der Waals surface area contributed by atoms with Crippen LogP contribution in [0.1, 0.15) is 58.4 Å². The van der Waals surface area contributed by atoms with Gasteiger partial charge in [0.25, 0.3) is 0 Å². The van der Waals surface area contributed by atoms with Crippen LogP contribution in [0.5, 0.6) is 5.75 Å². The Morgan fingerprint density at radius 2 is 2.03 bits per heavy atom. The van der Waals surface area contributed by atoms with E-state index in [1.54, 1.807) is 7.11 Å². The summed E-state index contributed by atoms with van der Waals surface area (Å²) in [4.78, 5) is 12.6. The molecule has 0 radical (unpaired) electrons. The summed E-state index contributed by atoms with van der Waals surface area (Å²) in [5, 5.41) is 3.29. The second kappa shape index (κ2) is 8.35. The summed E-state index contributed by atoms with van der Waals surface area (Å²) in [5.41, 5.74) is 2.34. The van der Waals surface area contributed by atoms with Gasteiger partial charge in [-0.05, 0) is 70.6 Å². The second-order valence-corrected chi connectivity index (χ2v) is 9.60. The number of rotatable bonds is 8. The Labute approximate surface area is 180 Å². The molecule has 2 saturated heterocycles. The van der Waals surface area contributed by atoms with Crippen LogP contribution in [0.25, 0.3) is 0 Å². The number of nitrogens with one attached hydrogen (secondary N) is 1. The number of carbonyl (C=O) groups is 1. The van der Waals surface area contributed by atoms with Gasteiger partial charge in [-0.15, -0.1) is 0 Å². The van der Waals surface area contributed by atoms with Crippen molar-refractivity contribution in [3.05, 3.63) is 41.5 Å². The molecule has 1 spiro atoms. The molecule has 5 heteroatoms. The molecule has 1 amide bonds. The van der Waals surface area contributed by atoms with Crippen molar-refractivity contribution in [2.45, 2.75) is 82.6 Å². The van der Waals surface area contributed by atoms with Crippen molar-refractivity contribution < 1.29 is 19.0 Å². The van der Waals surface area contributed by atoms with E-state index in [-0.39, 0.29) is 29.3 Å². The molecular weight excluding hydrogens is 378 g/mol. The van der Waals surface area contributed by atoms with Gasteiger partial charge in [0, 0.05) is 18.4 Å². The lowest BCUT2D eigenvalue weighted by Gasteiger charge is -2.37. The van der Waals surface area contributed by atoms with Crippen LogP contribution in [0.15, 0.2) is 35.9 Å². The van der Waals surface area contributed by atoms with E-state index >= 15 is 0 Å². The summed E-state index contributed by atoms with van der Waals surface area (Å²) < 4.78 is 17.3. The van der Waals surface area contributed by atoms with Crippen LogP contribution < -0.4 is 10.1 Å². The number of aryl methyl sites for hydroxylation is 1. The number of ether oxygens (including phenoxy) is 3. The lowest BCUT2D eigenvalue weighted by Crippen LogP contribution is -2.48. The van der Waals surface area contributed by atoms with Crippen LogP contribution in [0, 0.1) is 5.92 Å². The van der Waals surface area contributed by atoms with E-state index in [4.69, 9.17) is 14.2 Å². The van der Waals surface area contributed by atoms with Gasteiger partial charge < -0.3 is 19.5 Å². The van der Waals surface area contributed by atoms with E-state index in [1.165, 1.54) is 5.57 Å². The third kappa shape index (κ3) is 4.57. The van der Waals surface area contributed by atoms with Gasteiger partial charge in [-0.25, -0.2) is 0 Å². The molecule has 30 heavy (non-hydrogen) atoms. The first-order valence-electron chi connectivity index (χ1n) is 11.2. The first-order chi connectivity index (χ1) is 14.3. The van der Waals surface area contributed by atoms with E-state index in [0.29, 0.717) is 12.3 Å². The average Bonchev–Trinajstić information content (AvgIpc) is 3.64. The first-order valence-corrected chi connectivity index (χ1v) is 11.2. The fourth-order valence-electron chi connectivity index (χ4n) is 5.09. The van der Waals surface area contributed by atoms with Gasteiger partial charge in [0.2, 0.25) is 5.91 Å². The summed E-state index contributed by atoms with van der Waals surface area (Å²) in [7, 11) is 1.66. The molecule has 5 atom stereocenters. The van der Waals surface area contributed by atoms with Gasteiger partial charge in [0.1, 0.15) is 5.75 Å². The largest absolute Gasteiger partial charge is 0.497 e. The van der Waals surface area contributed by atoms with Crippen molar-refractivity contribution in [3.8, 4) is 5.75 Å². The minimum absolute atomic E-state index is 0.0151. The average molecular weight is 414 g/mol. The summed E-state index contributed by atoms with van der Waals surface area (Å²) in [6, 6.07) is 8.13. The van der Waals surface area contributed by atoms with Gasteiger partial charge in [-0.3, -0.25) is 4.79 Å². The molecule has 1 saturated carbocycles. The molecule has 1 aromatic rings. The molecule has 2 aliphatic heterocycles. The maximum Gasteiger partial charge on any atom is 0.220 e. The SMILES string of the molecule is COc1ccc(CCC(=O)N[C@@H]2CC[C@]3(CO3)[C@@H]([C@]3(C)O[C@@H]3CC=C(C)C)C2)cc1. The zero-order chi connectivity index (χ0) is 21.4. The van der Waals surface area contributed by atoms with Crippen molar-refractivity contribution in [1.29, 1.82) is 0 Å². The first kappa shape index (κ1) is 21.4. The van der Waals surface area contributed by atoms with E-state index < -0.39 is 0 Å². The quantitative estimate of drug-likeness (QED) is 0.513. The Balaban J connectivity index is 1.30. The molecule has 0 unspecified atom stereocenters. The van der Waals surface area contributed by atoms with Crippen molar-refractivity contribution in [3.63, 3.8) is 0 Å². The molecule has 5 nitrogen and oxygen atoms in total. The molecule has 1 N–H and O–H groups in total. The number of methoxy groups -OCH3 is 1. The molecule has 3 fully saturated rings. The van der Waals surface area contributed by atoms with Crippen LogP contribution in [-0.2, 0) is 20.7 Å². The maximum atomic E-state index is 12.6. The number of carbonyl (C=O) groups excluding carboxylic acids is 1. The summed E-state index contributed by atoms with van der Waals surface area (Å²) in [5.74, 6) is 1.32. The van der Waals surface area contributed by atoms with Crippen LogP contribution >= 0.6 is 0 Å². The minimum Gasteiger partial charge on any atom is -0.497 e. The van der Waals surface area contributed by atoms with Crippen molar-refractivity contribution in [1.82, 2.24) is 5.32 Å². The lowest BCUT2D eigenvalue weighted by atomic mass is 9.69. The number of amides is 1. The molecule has 4 rings (SSSR count). The van der Waals surface area contributed by atoms with Gasteiger partial charge >= 0.3 is 0 Å².